The zero-order chi connectivity index (χ0) is 27.3. The quantitative estimate of drug-likeness (QED) is 0.537. The van der Waals surface area contributed by atoms with Gasteiger partial charge in [-0.25, -0.2) is 14.6 Å². The number of likely N-dealkylation sites (tertiary alicyclic amines) is 2. The lowest BCUT2D eigenvalue weighted by Crippen LogP contribution is -2.50. The molecule has 4 rings (SSSR count). The van der Waals surface area contributed by atoms with E-state index in [1.807, 2.05) is 18.4 Å². The van der Waals surface area contributed by atoms with Gasteiger partial charge in [-0.2, -0.15) is 26.3 Å². The number of carbonyl (C=O) groups is 2. The number of halogens is 6. The highest BCUT2D eigenvalue weighted by Crippen LogP contribution is 2.37. The van der Waals surface area contributed by atoms with Gasteiger partial charge in [0.25, 0.3) is 0 Å². The second kappa shape index (κ2) is 12.5. The average molecular weight is 550 g/mol. The minimum Gasteiger partial charge on any atom is -0.475 e. The van der Waals surface area contributed by atoms with Gasteiger partial charge in [-0.1, -0.05) is 0 Å². The molecular weight excluding hydrogens is 520 g/mol. The number of aromatic nitrogens is 1. The molecule has 0 radical (unpaired) electrons. The Morgan fingerprint density at radius 2 is 1.64 bits per heavy atom. The number of aryl methyl sites for hydroxylation is 1. The Hall–Kier alpha value is -1.97. The molecule has 15 heteroatoms. The maximum atomic E-state index is 10.6. The first-order valence-electron chi connectivity index (χ1n) is 11.1. The van der Waals surface area contributed by atoms with E-state index in [1.165, 1.54) is 43.9 Å². The summed E-state index contributed by atoms with van der Waals surface area (Å²) in [5.41, 5.74) is 1.16. The van der Waals surface area contributed by atoms with Crippen LogP contribution in [0.4, 0.5) is 26.3 Å². The third-order valence-corrected chi connectivity index (χ3v) is 7.01. The Labute approximate surface area is 207 Å². The second-order valence-electron chi connectivity index (χ2n) is 8.91. The lowest BCUT2D eigenvalue weighted by atomic mass is 9.89. The molecule has 3 fully saturated rings. The second-order valence-corrected chi connectivity index (χ2v) is 9.86. The van der Waals surface area contributed by atoms with Gasteiger partial charge in [0.1, 0.15) is 5.01 Å². The van der Waals surface area contributed by atoms with Crippen molar-refractivity contribution in [2.75, 3.05) is 33.3 Å². The molecule has 1 aromatic rings. The summed E-state index contributed by atoms with van der Waals surface area (Å²) in [7, 11) is 1.89. The molecule has 3 aliphatic rings. The third-order valence-electron chi connectivity index (χ3n) is 6.06. The highest BCUT2D eigenvalue weighted by molar-refractivity contribution is 7.09. The maximum absolute atomic E-state index is 10.6. The molecule has 8 nitrogen and oxygen atoms in total. The molecule has 2 saturated heterocycles. The maximum Gasteiger partial charge on any atom is 0.490 e. The number of carboxylic acid groups (broad SMARTS) is 2. The van der Waals surface area contributed by atoms with Crippen LogP contribution in [0.2, 0.25) is 0 Å². The summed E-state index contributed by atoms with van der Waals surface area (Å²) in [6, 6.07) is 0.654. The van der Waals surface area contributed by atoms with E-state index in [2.05, 4.69) is 27.1 Å². The molecule has 36 heavy (non-hydrogen) atoms. The molecule has 0 unspecified atom stereocenters. The van der Waals surface area contributed by atoms with Crippen LogP contribution in [0.3, 0.4) is 0 Å². The van der Waals surface area contributed by atoms with Crippen LogP contribution < -0.4 is 0 Å². The van der Waals surface area contributed by atoms with Crippen LogP contribution in [-0.2, 0) is 20.9 Å². The largest absolute Gasteiger partial charge is 0.490 e. The van der Waals surface area contributed by atoms with Gasteiger partial charge < -0.3 is 19.8 Å². The number of methoxy groups -OCH3 is 1. The van der Waals surface area contributed by atoms with E-state index in [4.69, 9.17) is 24.5 Å². The van der Waals surface area contributed by atoms with Crippen molar-refractivity contribution in [3.8, 4) is 0 Å². The van der Waals surface area contributed by atoms with E-state index in [0.717, 1.165) is 24.7 Å². The Morgan fingerprint density at radius 1 is 1.08 bits per heavy atom. The van der Waals surface area contributed by atoms with Gasteiger partial charge >= 0.3 is 24.3 Å². The van der Waals surface area contributed by atoms with E-state index in [-0.39, 0.29) is 0 Å². The molecule has 0 spiro atoms. The van der Waals surface area contributed by atoms with Crippen LogP contribution >= 0.6 is 11.3 Å². The molecule has 1 aromatic heterocycles. The average Bonchev–Trinajstić information content (AvgIpc) is 3.31. The number of hydrogen-bond acceptors (Lipinski definition) is 7. The standard InChI is InChI=1S/C17H27N3OS.2C2HF3O2/c1-12-11-22-17(18-12)10-20-6-5-16(21-2)14-8-19(9-15(14)20)7-13-3-4-13;2*3-2(4,5)1(6)7/h11,13-16H,3-10H2,1-2H3;2*(H,6,7)/t14-,15+,16-;;/m0../s1. The smallest absolute Gasteiger partial charge is 0.475 e. The number of fused-ring (bicyclic) bond motifs is 1. The molecule has 1 aliphatic carbocycles. The first kappa shape index (κ1) is 30.3. The molecule has 0 aromatic carbocycles. The predicted octanol–water partition coefficient (Wildman–Crippen LogP) is 3.65. The van der Waals surface area contributed by atoms with Gasteiger partial charge in [0.15, 0.2) is 0 Å². The summed E-state index contributed by atoms with van der Waals surface area (Å²) < 4.78 is 69.3. The highest BCUT2D eigenvalue weighted by Gasteiger charge is 2.45. The zero-order valence-corrected chi connectivity index (χ0v) is 20.5. The van der Waals surface area contributed by atoms with E-state index in [9.17, 15) is 26.3 Å². The Morgan fingerprint density at radius 3 is 2.06 bits per heavy atom. The van der Waals surface area contributed by atoms with Crippen LogP contribution in [0.15, 0.2) is 5.38 Å². The predicted molar refractivity (Wildman–Crippen MR) is 116 cm³/mol. The summed E-state index contributed by atoms with van der Waals surface area (Å²) in [5, 5.41) is 17.7. The number of nitrogens with zero attached hydrogens (tertiary/aromatic N) is 3. The monoisotopic (exact) mass is 549 g/mol. The van der Waals surface area contributed by atoms with E-state index >= 15 is 0 Å². The summed E-state index contributed by atoms with van der Waals surface area (Å²) in [5.74, 6) is -3.85. The molecule has 1 saturated carbocycles. The summed E-state index contributed by atoms with van der Waals surface area (Å²) in [6.45, 7) is 8.03. The van der Waals surface area contributed by atoms with Crippen LogP contribution in [0, 0.1) is 18.8 Å². The topological polar surface area (TPSA) is 103 Å². The van der Waals surface area contributed by atoms with Crippen molar-refractivity contribution in [2.45, 2.75) is 57.2 Å². The fraction of sp³-hybridized carbons (Fsp3) is 0.762. The van der Waals surface area contributed by atoms with Crippen LogP contribution in [0.1, 0.15) is 30.0 Å². The zero-order valence-electron chi connectivity index (χ0n) is 19.7. The van der Waals surface area contributed by atoms with Gasteiger partial charge in [-0.3, -0.25) is 4.90 Å². The van der Waals surface area contributed by atoms with Gasteiger partial charge in [-0.05, 0) is 32.1 Å². The summed E-state index contributed by atoms with van der Waals surface area (Å²) >= 11 is 1.81. The summed E-state index contributed by atoms with van der Waals surface area (Å²) in [4.78, 5) is 27.8. The lowest BCUT2D eigenvalue weighted by molar-refractivity contribution is -0.193. The molecule has 2 aliphatic heterocycles. The lowest BCUT2D eigenvalue weighted by Gasteiger charge is -2.40. The van der Waals surface area contributed by atoms with Crippen molar-refractivity contribution < 1.29 is 50.9 Å². The van der Waals surface area contributed by atoms with Gasteiger partial charge in [0.05, 0.1) is 12.6 Å². The SMILES string of the molecule is CO[C@H]1CCN(Cc2nc(C)cs2)[C@@H]2CN(CC3CC3)C[C@H]12.O=C(O)C(F)(F)F.O=C(O)C(F)(F)F. The molecule has 3 atom stereocenters. The normalized spacial score (nSPS) is 24.7. The van der Waals surface area contributed by atoms with Crippen molar-refractivity contribution in [3.05, 3.63) is 16.1 Å². The number of ether oxygens (including phenoxy) is 1. The van der Waals surface area contributed by atoms with Crippen molar-refractivity contribution in [1.82, 2.24) is 14.8 Å². The third kappa shape index (κ3) is 9.48. The van der Waals surface area contributed by atoms with Crippen LogP contribution in [-0.4, -0.2) is 94.7 Å². The van der Waals surface area contributed by atoms with Gasteiger partial charge in [-0.15, -0.1) is 11.3 Å². The van der Waals surface area contributed by atoms with Crippen LogP contribution in [0.25, 0.3) is 0 Å². The van der Waals surface area contributed by atoms with Gasteiger partial charge in [0, 0.05) is 56.3 Å². The molecular formula is C21H29F6N3O5S. The van der Waals surface area contributed by atoms with E-state index < -0.39 is 24.3 Å². The van der Waals surface area contributed by atoms with Crippen molar-refractivity contribution in [1.29, 1.82) is 0 Å². The number of carboxylic acids is 2. The van der Waals surface area contributed by atoms with E-state index in [1.54, 1.807) is 0 Å². The molecule has 0 bridgehead atoms. The number of piperidine rings is 1. The minimum absolute atomic E-state index is 0.448. The first-order chi connectivity index (χ1) is 16.6. The number of alkyl halides is 6. The Kier molecular flexibility index (Phi) is 10.5. The molecule has 0 amide bonds. The Bertz CT molecular complexity index is 853. The fourth-order valence-corrected chi connectivity index (χ4v) is 5.07. The minimum atomic E-state index is -5.08. The number of thiazole rings is 1. The van der Waals surface area contributed by atoms with Crippen LogP contribution in [0.5, 0.6) is 0 Å². The van der Waals surface area contributed by atoms with Gasteiger partial charge in [0.2, 0.25) is 0 Å². The number of aliphatic carboxylic acids is 2. The number of hydrogen-bond donors (Lipinski definition) is 2. The highest BCUT2D eigenvalue weighted by atomic mass is 32.1. The fourth-order valence-electron chi connectivity index (χ4n) is 4.27. The number of rotatable bonds is 5. The van der Waals surface area contributed by atoms with Crippen molar-refractivity contribution >= 4 is 23.3 Å². The summed E-state index contributed by atoms with van der Waals surface area (Å²) in [6.07, 6.45) is -5.66. The molecule has 3 heterocycles. The Balaban J connectivity index is 0.000000271. The molecule has 206 valence electrons. The van der Waals surface area contributed by atoms with Crippen molar-refractivity contribution in [3.63, 3.8) is 0 Å². The van der Waals surface area contributed by atoms with Crippen molar-refractivity contribution in [2.24, 2.45) is 11.8 Å². The van der Waals surface area contributed by atoms with E-state index in [0.29, 0.717) is 18.1 Å². The first-order valence-corrected chi connectivity index (χ1v) is 12.0. The molecule has 2 N–H and O–H groups in total.